The fraction of sp³-hybridized carbons (Fsp3) is 0. The third-order valence-electron chi connectivity index (χ3n) is 5.08. The molecule has 0 saturated carbocycles. The van der Waals surface area contributed by atoms with Gasteiger partial charge < -0.3 is 0 Å². The highest BCUT2D eigenvalue weighted by Crippen LogP contribution is 2.44. The Balaban J connectivity index is 1.93. The summed E-state index contributed by atoms with van der Waals surface area (Å²) in [6, 6.07) is 22.7. The molecule has 0 fully saturated rings. The van der Waals surface area contributed by atoms with Crippen molar-refractivity contribution in [1.82, 2.24) is 0 Å². The van der Waals surface area contributed by atoms with Crippen molar-refractivity contribution in [2.75, 3.05) is 9.44 Å². The van der Waals surface area contributed by atoms with Crippen molar-refractivity contribution in [2.24, 2.45) is 0 Å². The van der Waals surface area contributed by atoms with Crippen molar-refractivity contribution >= 4 is 64.5 Å². The Morgan fingerprint density at radius 1 is 0.541 bits per heavy atom. The molecule has 192 valence electrons. The Hall–Kier alpha value is -3.09. The van der Waals surface area contributed by atoms with Crippen LogP contribution >= 0.6 is 23.2 Å². The van der Waals surface area contributed by atoms with Crippen LogP contribution in [-0.4, -0.2) is 25.3 Å². The average Bonchev–Trinajstić information content (AvgIpc) is 2.88. The second-order valence-electron chi connectivity index (χ2n) is 7.58. The minimum Gasteiger partial charge on any atom is -0.278 e. The summed E-state index contributed by atoms with van der Waals surface area (Å²) in [7, 11) is -13.0. The number of anilines is 2. The van der Waals surface area contributed by atoms with Gasteiger partial charge in [-0.25, -0.2) is 25.3 Å². The second kappa shape index (κ2) is 10.3. The molecule has 0 saturated heterocycles. The van der Waals surface area contributed by atoms with Gasteiger partial charge in [-0.15, -0.1) is 0 Å². The van der Waals surface area contributed by atoms with Crippen LogP contribution in [0.15, 0.2) is 117 Å². The lowest BCUT2D eigenvalue weighted by molar-refractivity contribution is 0.595. The molecule has 13 heteroatoms. The quantitative estimate of drug-likeness (QED) is 0.279. The highest BCUT2D eigenvalue weighted by Gasteiger charge is 2.32. The van der Waals surface area contributed by atoms with Crippen molar-refractivity contribution in [1.29, 1.82) is 0 Å². The van der Waals surface area contributed by atoms with Crippen LogP contribution in [0.25, 0.3) is 0 Å². The van der Waals surface area contributed by atoms with Crippen LogP contribution in [-0.2, 0) is 29.9 Å². The van der Waals surface area contributed by atoms with Crippen LogP contribution < -0.4 is 9.44 Å². The predicted octanol–water partition coefficient (Wildman–Crippen LogP) is 5.43. The van der Waals surface area contributed by atoms with Gasteiger partial charge in [0.2, 0.25) is 9.84 Å². The van der Waals surface area contributed by atoms with E-state index in [1.54, 1.807) is 18.2 Å². The maximum Gasteiger partial charge on any atom is 0.261 e. The molecule has 4 aromatic carbocycles. The Labute approximate surface area is 224 Å². The van der Waals surface area contributed by atoms with Gasteiger partial charge in [-0.05, 0) is 42.5 Å². The molecule has 2 N–H and O–H groups in total. The minimum atomic E-state index is -4.50. The third-order valence-corrected chi connectivity index (χ3v) is 10.5. The first-order valence-corrected chi connectivity index (χ1v) is 15.6. The van der Waals surface area contributed by atoms with Crippen LogP contribution in [0.1, 0.15) is 0 Å². The molecular formula is C24H18Cl2N2O6S3. The first-order valence-electron chi connectivity index (χ1n) is 10.4. The number of nitrogens with one attached hydrogen (secondary N) is 2. The number of sulfone groups is 1. The molecule has 0 spiro atoms. The Morgan fingerprint density at radius 2 is 0.946 bits per heavy atom. The van der Waals surface area contributed by atoms with Crippen LogP contribution in [0, 0.1) is 0 Å². The molecule has 4 aromatic rings. The number of halogens is 2. The van der Waals surface area contributed by atoms with Gasteiger partial charge in [0, 0.05) is 0 Å². The monoisotopic (exact) mass is 596 g/mol. The number of sulfonamides is 2. The van der Waals surface area contributed by atoms with E-state index in [0.29, 0.717) is 0 Å². The molecule has 0 aliphatic rings. The van der Waals surface area contributed by atoms with Gasteiger partial charge in [0.25, 0.3) is 20.0 Å². The lowest BCUT2D eigenvalue weighted by atomic mass is 10.3. The molecule has 0 heterocycles. The second-order valence-corrected chi connectivity index (χ2v) is 13.6. The topological polar surface area (TPSA) is 126 Å². The number of benzene rings is 4. The van der Waals surface area contributed by atoms with Crippen LogP contribution in [0.4, 0.5) is 11.4 Å². The van der Waals surface area contributed by atoms with Gasteiger partial charge in [0.15, 0.2) is 0 Å². The zero-order valence-electron chi connectivity index (χ0n) is 18.7. The molecule has 37 heavy (non-hydrogen) atoms. The Kier molecular flexibility index (Phi) is 7.54. The molecule has 0 aliphatic carbocycles. The molecule has 8 nitrogen and oxygen atoms in total. The molecule has 0 atom stereocenters. The van der Waals surface area contributed by atoms with E-state index in [1.165, 1.54) is 72.8 Å². The summed E-state index contributed by atoms with van der Waals surface area (Å²) in [4.78, 5) is -1.18. The summed E-state index contributed by atoms with van der Waals surface area (Å²) < 4.78 is 83.8. The highest BCUT2D eigenvalue weighted by atomic mass is 35.5. The van der Waals surface area contributed by atoms with E-state index in [1.807, 2.05) is 0 Å². The molecular weight excluding hydrogens is 579 g/mol. The molecule has 0 radical (unpaired) electrons. The SMILES string of the molecule is O=S(=O)(Nc1cc(Cl)c(NS(=O)(=O)c2ccccc2)c(S(=O)(=O)c2ccccc2)c1Cl)c1ccccc1. The lowest BCUT2D eigenvalue weighted by Crippen LogP contribution is -2.18. The molecule has 0 amide bonds. The lowest BCUT2D eigenvalue weighted by Gasteiger charge is -2.19. The number of hydrogen-bond acceptors (Lipinski definition) is 6. The van der Waals surface area contributed by atoms with Crippen molar-refractivity contribution < 1.29 is 25.3 Å². The van der Waals surface area contributed by atoms with E-state index in [9.17, 15) is 25.3 Å². The average molecular weight is 598 g/mol. The van der Waals surface area contributed by atoms with E-state index in [-0.39, 0.29) is 20.4 Å². The van der Waals surface area contributed by atoms with Gasteiger partial charge in [0.05, 0.1) is 36.1 Å². The van der Waals surface area contributed by atoms with E-state index in [2.05, 4.69) is 9.44 Å². The maximum absolute atomic E-state index is 13.7. The van der Waals surface area contributed by atoms with Crippen molar-refractivity contribution in [3.8, 4) is 0 Å². The highest BCUT2D eigenvalue weighted by molar-refractivity contribution is 7.93. The zero-order valence-corrected chi connectivity index (χ0v) is 22.6. The van der Waals surface area contributed by atoms with E-state index in [0.717, 1.165) is 6.07 Å². The van der Waals surface area contributed by atoms with Gasteiger partial charge in [-0.3, -0.25) is 9.44 Å². The van der Waals surface area contributed by atoms with E-state index in [4.69, 9.17) is 23.2 Å². The zero-order chi connectivity index (χ0) is 26.8. The molecule has 0 aromatic heterocycles. The van der Waals surface area contributed by atoms with E-state index < -0.39 is 50.5 Å². The maximum atomic E-state index is 13.7. The standard InChI is InChI=1S/C24H18Cl2N2O6S3/c25-20-16-21(27-36(31,32)18-12-6-2-7-13-18)22(26)24(35(29,30)17-10-4-1-5-11-17)23(20)28-37(33,34)19-14-8-3-9-15-19/h1-16,27-28H. The summed E-state index contributed by atoms with van der Waals surface area (Å²) in [6.07, 6.45) is 0. The van der Waals surface area contributed by atoms with Crippen LogP contribution in [0.5, 0.6) is 0 Å². The largest absolute Gasteiger partial charge is 0.278 e. The van der Waals surface area contributed by atoms with Crippen molar-refractivity contribution in [3.63, 3.8) is 0 Å². The summed E-state index contributed by atoms with van der Waals surface area (Å²) in [5.74, 6) is 0. The van der Waals surface area contributed by atoms with Gasteiger partial charge in [0.1, 0.15) is 4.90 Å². The normalized spacial score (nSPS) is 12.2. The van der Waals surface area contributed by atoms with E-state index >= 15 is 0 Å². The van der Waals surface area contributed by atoms with Crippen LogP contribution in [0.2, 0.25) is 10.0 Å². The number of rotatable bonds is 8. The molecule has 0 bridgehead atoms. The first kappa shape index (κ1) is 27.0. The van der Waals surface area contributed by atoms with Crippen molar-refractivity contribution in [3.05, 3.63) is 107 Å². The number of hydrogen-bond donors (Lipinski definition) is 2. The van der Waals surface area contributed by atoms with Gasteiger partial charge in [-0.1, -0.05) is 77.8 Å². The van der Waals surface area contributed by atoms with Gasteiger partial charge in [-0.2, -0.15) is 0 Å². The fourth-order valence-electron chi connectivity index (χ4n) is 3.34. The summed E-state index contributed by atoms with van der Waals surface area (Å²) in [5, 5.41) is -0.970. The fourth-order valence-corrected chi connectivity index (χ4v) is 8.05. The third kappa shape index (κ3) is 5.60. The van der Waals surface area contributed by atoms with Crippen LogP contribution in [0.3, 0.4) is 0 Å². The Morgan fingerprint density at radius 3 is 1.41 bits per heavy atom. The summed E-state index contributed by atoms with van der Waals surface area (Å²) >= 11 is 12.9. The summed E-state index contributed by atoms with van der Waals surface area (Å²) in [5.41, 5.74) is -0.880. The minimum absolute atomic E-state index is 0.108. The molecule has 0 aliphatic heterocycles. The first-order chi connectivity index (χ1) is 17.4. The van der Waals surface area contributed by atoms with Gasteiger partial charge >= 0.3 is 0 Å². The smallest absolute Gasteiger partial charge is 0.261 e. The Bertz CT molecular complexity index is 1770. The molecule has 0 unspecified atom stereocenters. The predicted molar refractivity (Wildman–Crippen MR) is 143 cm³/mol. The molecule has 4 rings (SSSR count). The van der Waals surface area contributed by atoms with Crippen molar-refractivity contribution in [2.45, 2.75) is 19.6 Å². The summed E-state index contributed by atoms with van der Waals surface area (Å²) in [6.45, 7) is 0.